The van der Waals surface area contributed by atoms with Gasteiger partial charge in [0, 0.05) is 5.92 Å². The van der Waals surface area contributed by atoms with Gasteiger partial charge in [-0.05, 0) is 56.3 Å². The number of allylic oxidation sites excluding steroid dienone is 7. The van der Waals surface area contributed by atoms with E-state index in [2.05, 4.69) is 51.2 Å². The summed E-state index contributed by atoms with van der Waals surface area (Å²) in [6.07, 6.45) is 15.5. The van der Waals surface area contributed by atoms with Crippen LogP contribution in [0.5, 0.6) is 0 Å². The lowest BCUT2D eigenvalue weighted by Gasteiger charge is -2.28. The van der Waals surface area contributed by atoms with E-state index in [4.69, 9.17) is 4.74 Å². The Morgan fingerprint density at radius 1 is 1.39 bits per heavy atom. The van der Waals surface area contributed by atoms with Crippen molar-refractivity contribution >= 4 is 0 Å². The van der Waals surface area contributed by atoms with Gasteiger partial charge in [-0.1, -0.05) is 32.1 Å². The molecule has 0 saturated carbocycles. The van der Waals surface area contributed by atoms with Crippen LogP contribution in [0.2, 0.25) is 0 Å². The lowest BCUT2D eigenvalue weighted by Crippen LogP contribution is -2.15. The third-order valence-corrected chi connectivity index (χ3v) is 4.03. The van der Waals surface area contributed by atoms with Crippen molar-refractivity contribution in [2.75, 3.05) is 0 Å². The van der Waals surface area contributed by atoms with Crippen molar-refractivity contribution in [2.45, 2.75) is 46.5 Å². The fraction of sp³-hybridized carbons (Fsp3) is 0.529. The average Bonchev–Trinajstić information content (AvgIpc) is 2.39. The maximum Gasteiger partial charge on any atom is 0.125 e. The number of rotatable bonds is 2. The average molecular weight is 244 g/mol. The molecule has 2 atom stereocenters. The van der Waals surface area contributed by atoms with E-state index >= 15 is 0 Å². The zero-order chi connectivity index (χ0) is 13.0. The minimum Gasteiger partial charge on any atom is -0.461 e. The van der Waals surface area contributed by atoms with Crippen LogP contribution in [0, 0.1) is 11.8 Å². The van der Waals surface area contributed by atoms with Crippen LogP contribution in [0.3, 0.4) is 0 Å². The quantitative estimate of drug-likeness (QED) is 0.654. The highest BCUT2D eigenvalue weighted by atomic mass is 16.5. The number of fused-ring (bicyclic) bond motifs is 1. The van der Waals surface area contributed by atoms with Crippen LogP contribution in [-0.2, 0) is 4.74 Å². The van der Waals surface area contributed by atoms with Crippen molar-refractivity contribution in [3.8, 4) is 0 Å². The predicted molar refractivity (Wildman–Crippen MR) is 76.9 cm³/mol. The summed E-state index contributed by atoms with van der Waals surface area (Å²) in [4.78, 5) is 0. The molecule has 0 fully saturated rings. The molecule has 0 bridgehead atoms. The third kappa shape index (κ3) is 2.95. The Morgan fingerprint density at radius 2 is 2.22 bits per heavy atom. The van der Waals surface area contributed by atoms with Crippen LogP contribution in [0.4, 0.5) is 0 Å². The molecule has 0 N–H and O–H groups in total. The van der Waals surface area contributed by atoms with Crippen molar-refractivity contribution < 1.29 is 4.74 Å². The molecule has 1 aliphatic carbocycles. The summed E-state index contributed by atoms with van der Waals surface area (Å²) in [5.41, 5.74) is 1.38. The second-order valence-electron chi connectivity index (χ2n) is 5.37. The van der Waals surface area contributed by atoms with Gasteiger partial charge in [0.05, 0.1) is 0 Å². The second kappa shape index (κ2) is 6.08. The predicted octanol–water partition coefficient (Wildman–Crippen LogP) is 5.13. The van der Waals surface area contributed by atoms with Crippen molar-refractivity contribution in [3.05, 3.63) is 47.5 Å². The molecule has 2 aliphatic rings. The first-order chi connectivity index (χ1) is 8.72. The van der Waals surface area contributed by atoms with Gasteiger partial charge in [-0.3, -0.25) is 0 Å². The minimum atomic E-state index is 0.579. The van der Waals surface area contributed by atoms with Gasteiger partial charge in [0.1, 0.15) is 11.5 Å². The Bertz CT molecular complexity index is 409. The normalized spacial score (nSPS) is 32.5. The van der Waals surface area contributed by atoms with E-state index in [-0.39, 0.29) is 0 Å². The van der Waals surface area contributed by atoms with E-state index < -0.39 is 0 Å². The van der Waals surface area contributed by atoms with Gasteiger partial charge < -0.3 is 4.74 Å². The molecule has 0 amide bonds. The molecule has 2 unspecified atom stereocenters. The molecule has 1 nitrogen and oxygen atoms in total. The number of hydrogen-bond donors (Lipinski definition) is 0. The Labute approximate surface area is 111 Å². The molecule has 0 spiro atoms. The van der Waals surface area contributed by atoms with Crippen molar-refractivity contribution in [1.29, 1.82) is 0 Å². The molecule has 0 radical (unpaired) electrons. The highest BCUT2D eigenvalue weighted by Crippen LogP contribution is 2.35. The summed E-state index contributed by atoms with van der Waals surface area (Å²) in [6.45, 7) is 6.68. The molecule has 18 heavy (non-hydrogen) atoms. The minimum absolute atomic E-state index is 0.579. The van der Waals surface area contributed by atoms with Crippen LogP contribution in [-0.4, -0.2) is 0 Å². The van der Waals surface area contributed by atoms with Crippen molar-refractivity contribution in [1.82, 2.24) is 0 Å². The fourth-order valence-electron chi connectivity index (χ4n) is 2.54. The van der Waals surface area contributed by atoms with E-state index in [9.17, 15) is 0 Å². The Hall–Kier alpha value is -1.24. The zero-order valence-corrected chi connectivity index (χ0v) is 11.8. The maximum atomic E-state index is 6.18. The first-order valence-corrected chi connectivity index (χ1v) is 7.14. The van der Waals surface area contributed by atoms with Gasteiger partial charge in [0.2, 0.25) is 0 Å². The summed E-state index contributed by atoms with van der Waals surface area (Å²) in [5, 5.41) is 0. The maximum absolute atomic E-state index is 6.18. The zero-order valence-electron chi connectivity index (χ0n) is 11.8. The summed E-state index contributed by atoms with van der Waals surface area (Å²) in [5.74, 6) is 3.42. The van der Waals surface area contributed by atoms with Gasteiger partial charge in [-0.15, -0.1) is 0 Å². The smallest absolute Gasteiger partial charge is 0.125 e. The molecule has 0 aromatic carbocycles. The van der Waals surface area contributed by atoms with Crippen molar-refractivity contribution in [3.63, 3.8) is 0 Å². The number of ether oxygens (including phenoxy) is 1. The molecule has 0 aromatic heterocycles. The van der Waals surface area contributed by atoms with E-state index in [1.165, 1.54) is 18.4 Å². The Balaban J connectivity index is 2.29. The van der Waals surface area contributed by atoms with Gasteiger partial charge >= 0.3 is 0 Å². The first-order valence-electron chi connectivity index (χ1n) is 7.14. The van der Waals surface area contributed by atoms with Crippen LogP contribution in [0.25, 0.3) is 0 Å². The second-order valence-corrected chi connectivity index (χ2v) is 5.37. The van der Waals surface area contributed by atoms with Crippen LogP contribution in [0.1, 0.15) is 46.5 Å². The molecule has 98 valence electrons. The summed E-state index contributed by atoms with van der Waals surface area (Å²) in [7, 11) is 0. The largest absolute Gasteiger partial charge is 0.461 e. The molecule has 1 heterocycles. The lowest BCUT2D eigenvalue weighted by molar-refractivity contribution is 0.232. The van der Waals surface area contributed by atoms with E-state index in [1.807, 2.05) is 0 Å². The lowest BCUT2D eigenvalue weighted by atomic mass is 9.86. The number of hydrogen-bond acceptors (Lipinski definition) is 1. The van der Waals surface area contributed by atoms with E-state index in [0.29, 0.717) is 11.8 Å². The van der Waals surface area contributed by atoms with E-state index in [0.717, 1.165) is 24.4 Å². The Kier molecular flexibility index (Phi) is 4.46. The van der Waals surface area contributed by atoms with Gasteiger partial charge in [0.25, 0.3) is 0 Å². The molecule has 2 rings (SSSR count). The fourth-order valence-corrected chi connectivity index (χ4v) is 2.54. The van der Waals surface area contributed by atoms with Crippen molar-refractivity contribution in [2.24, 2.45) is 11.8 Å². The van der Waals surface area contributed by atoms with Crippen LogP contribution < -0.4 is 0 Å². The van der Waals surface area contributed by atoms with E-state index in [1.54, 1.807) is 0 Å². The van der Waals surface area contributed by atoms with Crippen LogP contribution >= 0.6 is 0 Å². The highest BCUT2D eigenvalue weighted by molar-refractivity contribution is 5.26. The standard InChI is InChI=1S/C17H24O/c1-4-5-9-16-14(3)13(2)11-12-15-8-6-7-10-17(15)18-16/h5-7,9-10,13,15H,4,8,11-12H2,1-3H3/b9-5-,16-14-. The third-order valence-electron chi connectivity index (χ3n) is 4.03. The molecular formula is C17H24O. The molecular weight excluding hydrogens is 220 g/mol. The SMILES string of the molecule is CC/C=C\C1=C(/C)C(C)CCC2CC=CC=C2O1. The molecule has 1 aliphatic heterocycles. The van der Waals surface area contributed by atoms with Gasteiger partial charge in [-0.25, -0.2) is 0 Å². The van der Waals surface area contributed by atoms with Crippen LogP contribution in [0.15, 0.2) is 47.5 Å². The molecule has 0 aromatic rings. The highest BCUT2D eigenvalue weighted by Gasteiger charge is 2.23. The molecule has 1 heteroatoms. The summed E-state index contributed by atoms with van der Waals surface area (Å²) < 4.78 is 6.18. The summed E-state index contributed by atoms with van der Waals surface area (Å²) in [6, 6.07) is 0. The monoisotopic (exact) mass is 244 g/mol. The van der Waals surface area contributed by atoms with Gasteiger partial charge in [0.15, 0.2) is 0 Å². The molecule has 0 saturated heterocycles. The van der Waals surface area contributed by atoms with Gasteiger partial charge in [-0.2, -0.15) is 0 Å². The first kappa shape index (κ1) is 13.2. The summed E-state index contributed by atoms with van der Waals surface area (Å²) >= 11 is 0. The Morgan fingerprint density at radius 3 is 3.00 bits per heavy atom. The topological polar surface area (TPSA) is 9.23 Å².